The van der Waals surface area contributed by atoms with Crippen LogP contribution in [-0.2, 0) is 13.0 Å². The van der Waals surface area contributed by atoms with Crippen LogP contribution in [0.5, 0.6) is 5.75 Å². The fourth-order valence-corrected chi connectivity index (χ4v) is 2.04. The minimum atomic E-state index is -0.164. The minimum Gasteiger partial charge on any atom is -0.482 e. The summed E-state index contributed by atoms with van der Waals surface area (Å²) in [6.45, 7) is 0.944. The molecule has 0 bridgehead atoms. The number of terminal acetylenes is 1. The number of rotatable bonds is 4. The molecule has 1 atom stereocenters. The zero-order chi connectivity index (χ0) is 13.1. The summed E-state index contributed by atoms with van der Waals surface area (Å²) in [7, 11) is 0. The number of hydrogen-bond donors (Lipinski definition) is 1. The first-order chi connectivity index (χ1) is 9.36. The topological polar surface area (TPSA) is 60.2 Å². The molecule has 1 aliphatic rings. The van der Waals surface area contributed by atoms with Crippen LogP contribution in [0.15, 0.2) is 28.8 Å². The van der Waals surface area contributed by atoms with Gasteiger partial charge < -0.3 is 9.26 Å². The maximum Gasteiger partial charge on any atom is 0.240 e. The Bertz CT molecular complexity index is 590. The molecule has 5 heteroatoms. The quantitative estimate of drug-likeness (QED) is 0.662. The maximum absolute atomic E-state index is 5.79. The van der Waals surface area contributed by atoms with E-state index in [2.05, 4.69) is 21.4 Å². The molecular formula is C14H13N3O2. The number of aromatic nitrogens is 2. The Kier molecular flexibility index (Phi) is 3.17. The standard InChI is InChI=1S/C14H13N3O2/c1-2-7-15-9-13-16-14(17-19-13)12-8-10-5-3-4-6-11(10)18-12/h1,3-6,12,15H,7-9H2. The fraction of sp³-hybridized carbons (Fsp3) is 0.286. The second-order valence-corrected chi connectivity index (χ2v) is 4.27. The Balaban J connectivity index is 1.67. The van der Waals surface area contributed by atoms with Crippen LogP contribution in [0.2, 0.25) is 0 Å². The molecule has 0 amide bonds. The number of hydrogen-bond acceptors (Lipinski definition) is 5. The predicted octanol–water partition coefficient (Wildman–Crippen LogP) is 1.47. The lowest BCUT2D eigenvalue weighted by Gasteiger charge is -2.04. The largest absolute Gasteiger partial charge is 0.482 e. The third-order valence-electron chi connectivity index (χ3n) is 2.92. The molecule has 1 aromatic heterocycles. The highest BCUT2D eigenvalue weighted by atomic mass is 16.5. The first-order valence-corrected chi connectivity index (χ1v) is 6.08. The molecule has 0 aliphatic carbocycles. The molecule has 0 fully saturated rings. The Labute approximate surface area is 111 Å². The summed E-state index contributed by atoms with van der Waals surface area (Å²) in [5.74, 6) is 4.47. The van der Waals surface area contributed by atoms with Gasteiger partial charge >= 0.3 is 0 Å². The predicted molar refractivity (Wildman–Crippen MR) is 68.4 cm³/mol. The Hall–Kier alpha value is -2.32. The van der Waals surface area contributed by atoms with E-state index in [4.69, 9.17) is 15.7 Å². The van der Waals surface area contributed by atoms with Gasteiger partial charge in [-0.1, -0.05) is 29.3 Å². The lowest BCUT2D eigenvalue weighted by molar-refractivity contribution is 0.221. The van der Waals surface area contributed by atoms with Gasteiger partial charge in [-0.25, -0.2) is 0 Å². The first kappa shape index (κ1) is 11.8. The Morgan fingerprint density at radius 3 is 3.16 bits per heavy atom. The highest BCUT2D eigenvalue weighted by molar-refractivity contribution is 5.37. The molecule has 0 radical (unpaired) electrons. The Morgan fingerprint density at radius 1 is 1.42 bits per heavy atom. The van der Waals surface area contributed by atoms with E-state index in [1.165, 1.54) is 5.56 Å². The number of para-hydroxylation sites is 1. The highest BCUT2D eigenvalue weighted by Crippen LogP contribution is 2.35. The molecule has 5 nitrogen and oxygen atoms in total. The van der Waals surface area contributed by atoms with Crippen LogP contribution in [0.4, 0.5) is 0 Å². The van der Waals surface area contributed by atoms with Gasteiger partial charge in [-0.3, -0.25) is 5.32 Å². The van der Waals surface area contributed by atoms with Crippen LogP contribution in [0.25, 0.3) is 0 Å². The molecule has 19 heavy (non-hydrogen) atoms. The molecule has 1 N–H and O–H groups in total. The lowest BCUT2D eigenvalue weighted by Crippen LogP contribution is -2.13. The van der Waals surface area contributed by atoms with Crippen molar-refractivity contribution in [2.45, 2.75) is 19.1 Å². The van der Waals surface area contributed by atoms with Crippen molar-refractivity contribution in [3.8, 4) is 18.1 Å². The van der Waals surface area contributed by atoms with Gasteiger partial charge in [0.25, 0.3) is 0 Å². The fourth-order valence-electron chi connectivity index (χ4n) is 2.04. The van der Waals surface area contributed by atoms with Crippen molar-refractivity contribution >= 4 is 0 Å². The molecule has 0 saturated carbocycles. The number of ether oxygens (including phenoxy) is 1. The second-order valence-electron chi connectivity index (χ2n) is 4.27. The number of nitrogens with one attached hydrogen (secondary N) is 1. The maximum atomic E-state index is 5.79. The minimum absolute atomic E-state index is 0.164. The van der Waals surface area contributed by atoms with Gasteiger partial charge in [0.1, 0.15) is 5.75 Å². The van der Waals surface area contributed by atoms with E-state index in [1.54, 1.807) is 0 Å². The molecule has 3 rings (SSSR count). The smallest absolute Gasteiger partial charge is 0.240 e. The van der Waals surface area contributed by atoms with Gasteiger partial charge in [0, 0.05) is 6.42 Å². The summed E-state index contributed by atoms with van der Waals surface area (Å²) in [6.07, 6.45) is 5.75. The number of benzene rings is 1. The molecule has 0 spiro atoms. The number of nitrogens with zero attached hydrogens (tertiary/aromatic N) is 2. The van der Waals surface area contributed by atoms with E-state index in [0.717, 1.165) is 12.2 Å². The first-order valence-electron chi connectivity index (χ1n) is 6.08. The number of fused-ring (bicyclic) bond motifs is 1. The molecule has 1 aromatic carbocycles. The molecule has 1 aliphatic heterocycles. The van der Waals surface area contributed by atoms with E-state index in [0.29, 0.717) is 24.8 Å². The van der Waals surface area contributed by atoms with Crippen LogP contribution >= 0.6 is 0 Å². The van der Waals surface area contributed by atoms with E-state index < -0.39 is 0 Å². The molecule has 2 heterocycles. The second kappa shape index (κ2) is 5.12. The van der Waals surface area contributed by atoms with Gasteiger partial charge in [0.05, 0.1) is 13.1 Å². The summed E-state index contributed by atoms with van der Waals surface area (Å²) in [6, 6.07) is 7.94. The molecular weight excluding hydrogens is 242 g/mol. The molecule has 1 unspecified atom stereocenters. The van der Waals surface area contributed by atoms with E-state index in [-0.39, 0.29) is 6.10 Å². The Morgan fingerprint density at radius 2 is 2.32 bits per heavy atom. The lowest BCUT2D eigenvalue weighted by atomic mass is 10.1. The average molecular weight is 255 g/mol. The van der Waals surface area contributed by atoms with Gasteiger partial charge in [-0.15, -0.1) is 6.42 Å². The third kappa shape index (κ3) is 2.44. The summed E-state index contributed by atoms with van der Waals surface area (Å²) in [5, 5.41) is 6.96. The van der Waals surface area contributed by atoms with Crippen LogP contribution < -0.4 is 10.1 Å². The van der Waals surface area contributed by atoms with Crippen LogP contribution in [0.1, 0.15) is 23.4 Å². The molecule has 2 aromatic rings. The zero-order valence-corrected chi connectivity index (χ0v) is 10.3. The van der Waals surface area contributed by atoms with Crippen molar-refractivity contribution in [1.82, 2.24) is 15.5 Å². The van der Waals surface area contributed by atoms with E-state index in [1.807, 2.05) is 24.3 Å². The van der Waals surface area contributed by atoms with Crippen LogP contribution in [0, 0.1) is 12.3 Å². The van der Waals surface area contributed by atoms with Gasteiger partial charge in [-0.05, 0) is 11.6 Å². The SMILES string of the molecule is C#CCNCc1nc(C2Cc3ccccc3O2)no1. The van der Waals surface area contributed by atoms with Crippen LogP contribution in [0.3, 0.4) is 0 Å². The highest BCUT2D eigenvalue weighted by Gasteiger charge is 2.27. The van der Waals surface area contributed by atoms with Crippen molar-refractivity contribution in [2.24, 2.45) is 0 Å². The monoisotopic (exact) mass is 255 g/mol. The van der Waals surface area contributed by atoms with Crippen molar-refractivity contribution in [3.05, 3.63) is 41.5 Å². The zero-order valence-electron chi connectivity index (χ0n) is 10.3. The van der Waals surface area contributed by atoms with Crippen molar-refractivity contribution in [2.75, 3.05) is 6.54 Å². The van der Waals surface area contributed by atoms with Crippen LogP contribution in [-0.4, -0.2) is 16.7 Å². The summed E-state index contributed by atoms with van der Waals surface area (Å²) < 4.78 is 10.9. The summed E-state index contributed by atoms with van der Waals surface area (Å²) >= 11 is 0. The van der Waals surface area contributed by atoms with Crippen molar-refractivity contribution in [3.63, 3.8) is 0 Å². The van der Waals surface area contributed by atoms with Gasteiger partial charge in [0.15, 0.2) is 6.10 Å². The van der Waals surface area contributed by atoms with E-state index in [9.17, 15) is 0 Å². The summed E-state index contributed by atoms with van der Waals surface area (Å²) in [5.41, 5.74) is 1.17. The third-order valence-corrected chi connectivity index (χ3v) is 2.92. The molecule has 96 valence electrons. The van der Waals surface area contributed by atoms with Crippen molar-refractivity contribution < 1.29 is 9.26 Å². The van der Waals surface area contributed by atoms with Crippen molar-refractivity contribution in [1.29, 1.82) is 0 Å². The average Bonchev–Trinajstić information content (AvgIpc) is 3.04. The molecule has 0 saturated heterocycles. The van der Waals surface area contributed by atoms with E-state index >= 15 is 0 Å². The van der Waals surface area contributed by atoms with Gasteiger partial charge in [0.2, 0.25) is 11.7 Å². The van der Waals surface area contributed by atoms with Gasteiger partial charge in [-0.2, -0.15) is 4.98 Å². The normalized spacial score (nSPS) is 16.7. The summed E-state index contributed by atoms with van der Waals surface area (Å²) in [4.78, 5) is 4.31.